The molecular weight excluding hydrogens is 188 g/mol. The highest BCUT2D eigenvalue weighted by atomic mass is 16.5. The Balaban J connectivity index is 1.65. The third-order valence-electron chi connectivity index (χ3n) is 3.93. The summed E-state index contributed by atoms with van der Waals surface area (Å²) in [5, 5.41) is 7.16. The fraction of sp³-hybridized carbons (Fsp3) is 1.00. The predicted molar refractivity (Wildman–Crippen MR) is 62.0 cm³/mol. The molecule has 1 atom stereocenters. The molecule has 3 heteroatoms. The van der Waals surface area contributed by atoms with E-state index in [1.165, 1.54) is 38.8 Å². The Morgan fingerprint density at radius 3 is 2.87 bits per heavy atom. The summed E-state index contributed by atoms with van der Waals surface area (Å²) in [7, 11) is 1.81. The van der Waals surface area contributed by atoms with Gasteiger partial charge in [-0.05, 0) is 37.6 Å². The monoisotopic (exact) mass is 212 g/mol. The SMILES string of the molecule is COC1CC(NCC2(C)CCCNC2)C1. The molecule has 2 aliphatic rings. The predicted octanol–water partition coefficient (Wildman–Crippen LogP) is 1.14. The molecule has 1 saturated carbocycles. The molecule has 1 heterocycles. The maximum atomic E-state index is 5.28. The minimum Gasteiger partial charge on any atom is -0.381 e. The van der Waals surface area contributed by atoms with Gasteiger partial charge in [-0.2, -0.15) is 0 Å². The van der Waals surface area contributed by atoms with Gasteiger partial charge in [-0.15, -0.1) is 0 Å². The average molecular weight is 212 g/mol. The molecule has 0 aromatic rings. The van der Waals surface area contributed by atoms with E-state index < -0.39 is 0 Å². The van der Waals surface area contributed by atoms with Crippen molar-refractivity contribution < 1.29 is 4.74 Å². The lowest BCUT2D eigenvalue weighted by atomic mass is 9.81. The van der Waals surface area contributed by atoms with Crippen LogP contribution in [0.5, 0.6) is 0 Å². The molecule has 1 saturated heterocycles. The summed E-state index contributed by atoms with van der Waals surface area (Å²) in [6, 6.07) is 0.703. The van der Waals surface area contributed by atoms with Crippen LogP contribution < -0.4 is 10.6 Å². The summed E-state index contributed by atoms with van der Waals surface area (Å²) >= 11 is 0. The summed E-state index contributed by atoms with van der Waals surface area (Å²) in [4.78, 5) is 0. The van der Waals surface area contributed by atoms with Crippen LogP contribution in [0.1, 0.15) is 32.6 Å². The van der Waals surface area contributed by atoms with Gasteiger partial charge in [-0.25, -0.2) is 0 Å². The fourth-order valence-electron chi connectivity index (χ4n) is 2.59. The highest BCUT2D eigenvalue weighted by Gasteiger charge is 2.32. The summed E-state index contributed by atoms with van der Waals surface area (Å²) in [5.74, 6) is 0. The topological polar surface area (TPSA) is 33.3 Å². The Labute approximate surface area is 93.0 Å². The van der Waals surface area contributed by atoms with Crippen LogP contribution in [0.4, 0.5) is 0 Å². The largest absolute Gasteiger partial charge is 0.381 e. The summed E-state index contributed by atoms with van der Waals surface area (Å²) in [6.45, 7) is 5.91. The Hall–Kier alpha value is -0.120. The standard InChI is InChI=1S/C12H24N2O/c1-12(4-3-5-13-8-12)9-14-10-6-11(7-10)15-2/h10-11,13-14H,3-9H2,1-2H3. The molecule has 3 nitrogen and oxygen atoms in total. The second kappa shape index (κ2) is 4.81. The van der Waals surface area contributed by atoms with Crippen LogP contribution in [0.3, 0.4) is 0 Å². The van der Waals surface area contributed by atoms with Crippen LogP contribution >= 0.6 is 0 Å². The number of methoxy groups -OCH3 is 1. The van der Waals surface area contributed by atoms with Crippen LogP contribution in [0, 0.1) is 5.41 Å². The molecule has 2 rings (SSSR count). The zero-order valence-corrected chi connectivity index (χ0v) is 10.0. The van der Waals surface area contributed by atoms with E-state index in [0.29, 0.717) is 17.6 Å². The summed E-state index contributed by atoms with van der Waals surface area (Å²) < 4.78 is 5.28. The molecule has 88 valence electrons. The molecule has 0 aromatic carbocycles. The quantitative estimate of drug-likeness (QED) is 0.733. The number of nitrogens with one attached hydrogen (secondary N) is 2. The summed E-state index contributed by atoms with van der Waals surface area (Å²) in [5.41, 5.74) is 0.469. The number of hydrogen-bond donors (Lipinski definition) is 2. The Kier molecular flexibility index (Phi) is 3.65. The Morgan fingerprint density at radius 2 is 2.27 bits per heavy atom. The van der Waals surface area contributed by atoms with E-state index in [1.807, 2.05) is 7.11 Å². The Morgan fingerprint density at radius 1 is 1.47 bits per heavy atom. The first-order chi connectivity index (χ1) is 7.22. The first kappa shape index (κ1) is 11.4. The molecule has 1 aliphatic heterocycles. The molecule has 0 spiro atoms. The fourth-order valence-corrected chi connectivity index (χ4v) is 2.59. The molecule has 2 N–H and O–H groups in total. The van der Waals surface area contributed by atoms with Crippen LogP contribution in [-0.2, 0) is 4.74 Å². The third-order valence-corrected chi connectivity index (χ3v) is 3.93. The van der Waals surface area contributed by atoms with E-state index in [9.17, 15) is 0 Å². The maximum Gasteiger partial charge on any atom is 0.0601 e. The smallest absolute Gasteiger partial charge is 0.0601 e. The molecule has 0 amide bonds. The second-order valence-electron chi connectivity index (χ2n) is 5.50. The van der Waals surface area contributed by atoms with Gasteiger partial charge < -0.3 is 15.4 Å². The van der Waals surface area contributed by atoms with Crippen LogP contribution in [0.15, 0.2) is 0 Å². The first-order valence-corrected chi connectivity index (χ1v) is 6.19. The second-order valence-corrected chi connectivity index (χ2v) is 5.50. The molecule has 2 fully saturated rings. The van der Waals surface area contributed by atoms with Crippen molar-refractivity contribution in [3.05, 3.63) is 0 Å². The van der Waals surface area contributed by atoms with Crippen molar-refractivity contribution in [1.82, 2.24) is 10.6 Å². The van der Waals surface area contributed by atoms with Gasteiger partial charge >= 0.3 is 0 Å². The van der Waals surface area contributed by atoms with Gasteiger partial charge in [-0.1, -0.05) is 6.92 Å². The number of rotatable bonds is 4. The van der Waals surface area contributed by atoms with E-state index in [1.54, 1.807) is 0 Å². The van der Waals surface area contributed by atoms with Gasteiger partial charge in [0.2, 0.25) is 0 Å². The molecule has 15 heavy (non-hydrogen) atoms. The minimum atomic E-state index is 0.469. The highest BCUT2D eigenvalue weighted by Crippen LogP contribution is 2.27. The minimum absolute atomic E-state index is 0.469. The van der Waals surface area contributed by atoms with Crippen molar-refractivity contribution in [2.45, 2.75) is 44.8 Å². The maximum absolute atomic E-state index is 5.28. The summed E-state index contributed by atoms with van der Waals surface area (Å²) in [6.07, 6.45) is 5.58. The van der Waals surface area contributed by atoms with Crippen molar-refractivity contribution in [2.24, 2.45) is 5.41 Å². The lowest BCUT2D eigenvalue weighted by Crippen LogP contribution is -2.51. The van der Waals surface area contributed by atoms with Gasteiger partial charge in [0.25, 0.3) is 0 Å². The molecular formula is C12H24N2O. The van der Waals surface area contributed by atoms with Crippen molar-refractivity contribution in [2.75, 3.05) is 26.7 Å². The first-order valence-electron chi connectivity index (χ1n) is 6.19. The lowest BCUT2D eigenvalue weighted by Gasteiger charge is -2.40. The van der Waals surface area contributed by atoms with Crippen LogP contribution in [-0.4, -0.2) is 38.9 Å². The number of ether oxygens (including phenoxy) is 1. The molecule has 0 aromatic heterocycles. The highest BCUT2D eigenvalue weighted by molar-refractivity contribution is 4.90. The number of piperidine rings is 1. The van der Waals surface area contributed by atoms with E-state index in [0.717, 1.165) is 6.54 Å². The zero-order valence-electron chi connectivity index (χ0n) is 10.0. The van der Waals surface area contributed by atoms with Gasteiger partial charge in [-0.3, -0.25) is 0 Å². The normalized spacial score (nSPS) is 41.2. The zero-order chi connectivity index (χ0) is 10.7. The average Bonchev–Trinajstić information content (AvgIpc) is 2.17. The van der Waals surface area contributed by atoms with E-state index in [-0.39, 0.29) is 0 Å². The van der Waals surface area contributed by atoms with Crippen LogP contribution in [0.2, 0.25) is 0 Å². The number of hydrogen-bond acceptors (Lipinski definition) is 3. The lowest BCUT2D eigenvalue weighted by molar-refractivity contribution is 0.0138. The van der Waals surface area contributed by atoms with Crippen molar-refractivity contribution >= 4 is 0 Å². The van der Waals surface area contributed by atoms with Crippen molar-refractivity contribution in [1.29, 1.82) is 0 Å². The molecule has 0 bridgehead atoms. The molecule has 0 radical (unpaired) electrons. The van der Waals surface area contributed by atoms with Gasteiger partial charge in [0, 0.05) is 26.2 Å². The Bertz CT molecular complexity index is 196. The van der Waals surface area contributed by atoms with Crippen molar-refractivity contribution in [3.63, 3.8) is 0 Å². The van der Waals surface area contributed by atoms with Gasteiger partial charge in [0.15, 0.2) is 0 Å². The third kappa shape index (κ3) is 2.92. The van der Waals surface area contributed by atoms with E-state index >= 15 is 0 Å². The van der Waals surface area contributed by atoms with Gasteiger partial charge in [0.05, 0.1) is 6.10 Å². The van der Waals surface area contributed by atoms with E-state index in [2.05, 4.69) is 17.6 Å². The van der Waals surface area contributed by atoms with Crippen molar-refractivity contribution in [3.8, 4) is 0 Å². The molecule has 1 aliphatic carbocycles. The van der Waals surface area contributed by atoms with E-state index in [4.69, 9.17) is 4.74 Å². The van der Waals surface area contributed by atoms with Crippen LogP contribution in [0.25, 0.3) is 0 Å². The molecule has 1 unspecified atom stereocenters. The van der Waals surface area contributed by atoms with Gasteiger partial charge in [0.1, 0.15) is 0 Å².